The Kier molecular flexibility index (Phi) is 4.10. The molecule has 0 aromatic heterocycles. The largest absolute Gasteiger partial charge is 0.481 e. The van der Waals surface area contributed by atoms with Gasteiger partial charge >= 0.3 is 5.97 Å². The summed E-state index contributed by atoms with van der Waals surface area (Å²) >= 11 is 0. The molecule has 1 unspecified atom stereocenters. The van der Waals surface area contributed by atoms with E-state index in [9.17, 15) is 9.59 Å². The van der Waals surface area contributed by atoms with Crippen molar-refractivity contribution >= 4 is 11.9 Å². The maximum absolute atomic E-state index is 11.5. The molecule has 82 valence electrons. The topological polar surface area (TPSA) is 66.4 Å². The first-order valence-corrected chi connectivity index (χ1v) is 4.69. The molecule has 1 amide bonds. The highest BCUT2D eigenvalue weighted by Gasteiger charge is 2.37. The number of hydrogen-bond donors (Lipinski definition) is 2. The number of nitrogens with one attached hydrogen (secondary N) is 1. The van der Waals surface area contributed by atoms with Crippen LogP contribution in [-0.4, -0.2) is 23.0 Å². The smallest absolute Gasteiger partial charge is 0.316 e. The fraction of sp³-hybridized carbons (Fsp3) is 0.800. The number of hydrogen-bond acceptors (Lipinski definition) is 2. The average molecular weight is 201 g/mol. The van der Waals surface area contributed by atoms with Gasteiger partial charge in [0.25, 0.3) is 0 Å². The van der Waals surface area contributed by atoms with E-state index in [1.807, 2.05) is 0 Å². The highest BCUT2D eigenvalue weighted by Crippen LogP contribution is 2.26. The zero-order valence-corrected chi connectivity index (χ0v) is 9.42. The Morgan fingerprint density at radius 1 is 1.21 bits per heavy atom. The highest BCUT2D eigenvalue weighted by molar-refractivity contribution is 5.97. The van der Waals surface area contributed by atoms with Crippen LogP contribution >= 0.6 is 0 Å². The van der Waals surface area contributed by atoms with Gasteiger partial charge in [0.2, 0.25) is 5.91 Å². The zero-order valence-electron chi connectivity index (χ0n) is 9.42. The Morgan fingerprint density at radius 3 is 1.86 bits per heavy atom. The molecule has 0 aliphatic heterocycles. The second-order valence-corrected chi connectivity index (χ2v) is 4.80. The first-order valence-electron chi connectivity index (χ1n) is 4.69. The maximum atomic E-state index is 11.5. The van der Waals surface area contributed by atoms with Gasteiger partial charge in [-0.3, -0.25) is 9.59 Å². The van der Waals surface area contributed by atoms with E-state index in [0.717, 1.165) is 0 Å². The van der Waals surface area contributed by atoms with Gasteiger partial charge in [0, 0.05) is 6.04 Å². The van der Waals surface area contributed by atoms with E-state index in [-0.39, 0.29) is 6.04 Å². The zero-order chi connectivity index (χ0) is 11.5. The van der Waals surface area contributed by atoms with Gasteiger partial charge in [0.05, 0.1) is 0 Å². The minimum absolute atomic E-state index is 0.0355. The summed E-state index contributed by atoms with van der Waals surface area (Å²) in [7, 11) is 0. The van der Waals surface area contributed by atoms with Crippen LogP contribution < -0.4 is 5.32 Å². The third-order valence-corrected chi connectivity index (χ3v) is 1.81. The van der Waals surface area contributed by atoms with E-state index < -0.39 is 23.2 Å². The molecule has 0 aromatic rings. The summed E-state index contributed by atoms with van der Waals surface area (Å²) in [5, 5.41) is 11.5. The summed E-state index contributed by atoms with van der Waals surface area (Å²) in [5.41, 5.74) is -0.565. The highest BCUT2D eigenvalue weighted by atomic mass is 16.4. The SMILES string of the molecule is CC(C)NC(=O)C(C(=O)O)C(C)(C)C. The van der Waals surface area contributed by atoms with Crippen LogP contribution in [0.4, 0.5) is 0 Å². The number of rotatable bonds is 3. The van der Waals surface area contributed by atoms with Gasteiger partial charge in [-0.2, -0.15) is 0 Å². The van der Waals surface area contributed by atoms with E-state index >= 15 is 0 Å². The van der Waals surface area contributed by atoms with Crippen LogP contribution in [0.5, 0.6) is 0 Å². The molecule has 14 heavy (non-hydrogen) atoms. The molecule has 0 rings (SSSR count). The lowest BCUT2D eigenvalue weighted by atomic mass is 9.80. The molecule has 0 heterocycles. The molecular formula is C10H19NO3. The molecule has 0 bridgehead atoms. The molecule has 0 radical (unpaired) electrons. The number of carboxylic acid groups (broad SMARTS) is 1. The second-order valence-electron chi connectivity index (χ2n) is 4.80. The Bertz CT molecular complexity index is 228. The van der Waals surface area contributed by atoms with Crippen molar-refractivity contribution in [1.82, 2.24) is 5.32 Å². The van der Waals surface area contributed by atoms with Crippen molar-refractivity contribution in [3.05, 3.63) is 0 Å². The molecule has 0 saturated heterocycles. The molecule has 0 aliphatic carbocycles. The lowest BCUT2D eigenvalue weighted by Gasteiger charge is -2.26. The standard InChI is InChI=1S/C10H19NO3/c1-6(2)11-8(12)7(9(13)14)10(3,4)5/h6-7H,1-5H3,(H,11,12)(H,13,14). The van der Waals surface area contributed by atoms with Crippen LogP contribution in [0.1, 0.15) is 34.6 Å². The fourth-order valence-corrected chi connectivity index (χ4v) is 1.24. The Balaban J connectivity index is 4.68. The predicted octanol–water partition coefficient (Wildman–Crippen LogP) is 1.26. The number of aliphatic carboxylic acids is 1. The van der Waals surface area contributed by atoms with Gasteiger partial charge in [-0.15, -0.1) is 0 Å². The second kappa shape index (κ2) is 4.44. The normalized spacial score (nSPS) is 13.9. The summed E-state index contributed by atoms with van der Waals surface area (Å²) in [4.78, 5) is 22.5. The lowest BCUT2D eigenvalue weighted by molar-refractivity contribution is -0.151. The summed E-state index contributed by atoms with van der Waals surface area (Å²) in [6.45, 7) is 8.84. The van der Waals surface area contributed by atoms with Crippen LogP contribution in [0, 0.1) is 11.3 Å². The molecule has 0 fully saturated rings. The minimum atomic E-state index is -1.07. The number of amides is 1. The van der Waals surface area contributed by atoms with E-state index in [1.165, 1.54) is 0 Å². The average Bonchev–Trinajstić information content (AvgIpc) is 1.78. The Hall–Kier alpha value is -1.06. The number of carboxylic acids is 1. The molecule has 0 aliphatic rings. The van der Waals surface area contributed by atoms with E-state index in [1.54, 1.807) is 34.6 Å². The van der Waals surface area contributed by atoms with Crippen molar-refractivity contribution in [3.63, 3.8) is 0 Å². The molecule has 0 aromatic carbocycles. The molecule has 0 saturated carbocycles. The summed E-state index contributed by atoms with van der Waals surface area (Å²) in [6, 6.07) is -0.0355. The molecular weight excluding hydrogens is 182 g/mol. The molecule has 2 N–H and O–H groups in total. The van der Waals surface area contributed by atoms with Crippen molar-refractivity contribution in [2.75, 3.05) is 0 Å². The predicted molar refractivity (Wildman–Crippen MR) is 53.9 cm³/mol. The van der Waals surface area contributed by atoms with Crippen LogP contribution in [-0.2, 0) is 9.59 Å². The summed E-state index contributed by atoms with van der Waals surface area (Å²) in [5.74, 6) is -2.49. The van der Waals surface area contributed by atoms with E-state index in [4.69, 9.17) is 5.11 Å². The fourth-order valence-electron chi connectivity index (χ4n) is 1.24. The van der Waals surface area contributed by atoms with E-state index in [2.05, 4.69) is 5.32 Å². The van der Waals surface area contributed by atoms with Gasteiger partial charge in [0.15, 0.2) is 0 Å². The lowest BCUT2D eigenvalue weighted by Crippen LogP contribution is -2.44. The maximum Gasteiger partial charge on any atom is 0.316 e. The summed E-state index contributed by atoms with van der Waals surface area (Å²) < 4.78 is 0. The van der Waals surface area contributed by atoms with Crippen LogP contribution in [0.25, 0.3) is 0 Å². The summed E-state index contributed by atoms with van der Waals surface area (Å²) in [6.07, 6.45) is 0. The third kappa shape index (κ3) is 3.77. The van der Waals surface area contributed by atoms with Crippen LogP contribution in [0.15, 0.2) is 0 Å². The van der Waals surface area contributed by atoms with Crippen molar-refractivity contribution in [1.29, 1.82) is 0 Å². The monoisotopic (exact) mass is 201 g/mol. The van der Waals surface area contributed by atoms with Gasteiger partial charge in [-0.1, -0.05) is 20.8 Å². The van der Waals surface area contributed by atoms with Crippen molar-refractivity contribution in [3.8, 4) is 0 Å². The van der Waals surface area contributed by atoms with Crippen molar-refractivity contribution in [2.45, 2.75) is 40.7 Å². The Morgan fingerprint density at radius 2 is 1.64 bits per heavy atom. The number of carbonyl (C=O) groups excluding carboxylic acids is 1. The third-order valence-electron chi connectivity index (χ3n) is 1.81. The van der Waals surface area contributed by atoms with Crippen molar-refractivity contribution in [2.24, 2.45) is 11.3 Å². The van der Waals surface area contributed by atoms with Gasteiger partial charge in [-0.05, 0) is 19.3 Å². The molecule has 0 spiro atoms. The number of carbonyl (C=O) groups is 2. The van der Waals surface area contributed by atoms with Gasteiger partial charge in [0.1, 0.15) is 5.92 Å². The van der Waals surface area contributed by atoms with E-state index in [0.29, 0.717) is 0 Å². The molecule has 4 heteroatoms. The van der Waals surface area contributed by atoms with Crippen molar-refractivity contribution < 1.29 is 14.7 Å². The minimum Gasteiger partial charge on any atom is -0.481 e. The molecule has 4 nitrogen and oxygen atoms in total. The first-order chi connectivity index (χ1) is 6.16. The van der Waals surface area contributed by atoms with Gasteiger partial charge < -0.3 is 10.4 Å². The first kappa shape index (κ1) is 12.9. The Labute approximate surface area is 84.7 Å². The molecule has 1 atom stereocenters. The van der Waals surface area contributed by atoms with Crippen LogP contribution in [0.2, 0.25) is 0 Å². The quantitative estimate of drug-likeness (QED) is 0.675. The van der Waals surface area contributed by atoms with Crippen LogP contribution in [0.3, 0.4) is 0 Å². The van der Waals surface area contributed by atoms with Gasteiger partial charge in [-0.25, -0.2) is 0 Å².